The van der Waals surface area contributed by atoms with E-state index in [0.717, 1.165) is 33.4 Å². The average molecular weight is 461 g/mol. The van der Waals surface area contributed by atoms with Crippen LogP contribution in [0.1, 0.15) is 90.8 Å². The standard InChI is InChI=1S/C30H36O4/c1-16(2)8-11-21-19(7)22(12-9-17(3)4)28(32)27-24(21)14-20-15-25(31)23(13-10-18(5)6)29(33)26(20)30(27)34/h8-10,15,31-33H,11-14H2,1-7H3. The van der Waals surface area contributed by atoms with Gasteiger partial charge in [0.05, 0.1) is 11.1 Å². The quantitative estimate of drug-likeness (QED) is 0.355. The fourth-order valence-corrected chi connectivity index (χ4v) is 4.57. The van der Waals surface area contributed by atoms with Crippen molar-refractivity contribution in [3.63, 3.8) is 0 Å². The predicted molar refractivity (Wildman–Crippen MR) is 138 cm³/mol. The van der Waals surface area contributed by atoms with Crippen molar-refractivity contribution in [2.24, 2.45) is 0 Å². The van der Waals surface area contributed by atoms with E-state index in [1.54, 1.807) is 6.07 Å². The van der Waals surface area contributed by atoms with E-state index in [9.17, 15) is 20.1 Å². The molecule has 0 bridgehead atoms. The molecule has 1 aliphatic carbocycles. The number of carbonyl (C=O) groups excluding carboxylic acids is 1. The molecule has 4 nitrogen and oxygen atoms in total. The number of aromatic hydroxyl groups is 3. The number of hydrogen-bond acceptors (Lipinski definition) is 4. The first-order valence-corrected chi connectivity index (χ1v) is 11.8. The molecule has 4 heteroatoms. The van der Waals surface area contributed by atoms with E-state index >= 15 is 0 Å². The number of benzene rings is 2. The molecule has 3 N–H and O–H groups in total. The molecule has 0 unspecified atom stereocenters. The molecule has 0 fully saturated rings. The molecule has 180 valence electrons. The molecule has 1 aliphatic rings. The van der Waals surface area contributed by atoms with Crippen molar-refractivity contribution in [3.8, 4) is 17.2 Å². The Labute approximate surface area is 203 Å². The Bertz CT molecular complexity index is 1240. The zero-order chi connectivity index (χ0) is 25.3. The van der Waals surface area contributed by atoms with Crippen LogP contribution in [0.2, 0.25) is 0 Å². The zero-order valence-corrected chi connectivity index (χ0v) is 21.4. The van der Waals surface area contributed by atoms with Gasteiger partial charge in [-0.15, -0.1) is 0 Å². The van der Waals surface area contributed by atoms with Gasteiger partial charge in [0, 0.05) is 11.1 Å². The lowest BCUT2D eigenvalue weighted by Gasteiger charge is -2.27. The Morgan fingerprint density at radius 2 is 1.24 bits per heavy atom. The van der Waals surface area contributed by atoms with Gasteiger partial charge in [-0.2, -0.15) is 0 Å². The molecule has 0 saturated carbocycles. The molecular weight excluding hydrogens is 424 g/mol. The molecule has 0 aromatic heterocycles. The van der Waals surface area contributed by atoms with Crippen LogP contribution < -0.4 is 0 Å². The van der Waals surface area contributed by atoms with Crippen LogP contribution in [0.25, 0.3) is 0 Å². The predicted octanol–water partition coefficient (Wildman–Crippen LogP) is 6.77. The maximum atomic E-state index is 13.8. The Balaban J connectivity index is 2.28. The normalized spacial score (nSPS) is 12.0. The minimum Gasteiger partial charge on any atom is -0.508 e. The van der Waals surface area contributed by atoms with E-state index in [2.05, 4.69) is 6.08 Å². The molecule has 0 spiro atoms. The maximum absolute atomic E-state index is 13.8. The highest BCUT2D eigenvalue weighted by molar-refractivity contribution is 6.16. The van der Waals surface area contributed by atoms with Gasteiger partial charge in [-0.25, -0.2) is 0 Å². The minimum atomic E-state index is -0.387. The maximum Gasteiger partial charge on any atom is 0.201 e. The molecule has 2 aromatic rings. The fourth-order valence-electron chi connectivity index (χ4n) is 4.57. The molecule has 0 heterocycles. The van der Waals surface area contributed by atoms with Crippen molar-refractivity contribution in [2.75, 3.05) is 0 Å². The number of fused-ring (bicyclic) bond motifs is 2. The summed E-state index contributed by atoms with van der Waals surface area (Å²) in [7, 11) is 0. The Kier molecular flexibility index (Phi) is 7.40. The van der Waals surface area contributed by atoms with Gasteiger partial charge < -0.3 is 15.3 Å². The van der Waals surface area contributed by atoms with E-state index < -0.39 is 0 Å². The van der Waals surface area contributed by atoms with Crippen LogP contribution >= 0.6 is 0 Å². The summed E-state index contributed by atoms with van der Waals surface area (Å²) >= 11 is 0. The minimum absolute atomic E-state index is 0.0000709. The first-order chi connectivity index (χ1) is 15.9. The van der Waals surface area contributed by atoms with Crippen LogP contribution in [0.5, 0.6) is 17.2 Å². The second-order valence-corrected chi connectivity index (χ2v) is 10.0. The second kappa shape index (κ2) is 9.92. The van der Waals surface area contributed by atoms with E-state index in [1.807, 2.05) is 60.6 Å². The van der Waals surface area contributed by atoms with Crippen LogP contribution in [-0.4, -0.2) is 21.1 Å². The first kappa shape index (κ1) is 25.4. The number of ketones is 1. The zero-order valence-electron chi connectivity index (χ0n) is 21.4. The monoisotopic (exact) mass is 460 g/mol. The smallest absolute Gasteiger partial charge is 0.201 e. The fraction of sp³-hybridized carbons (Fsp3) is 0.367. The van der Waals surface area contributed by atoms with Gasteiger partial charge in [0.15, 0.2) is 0 Å². The Morgan fingerprint density at radius 1 is 0.765 bits per heavy atom. The van der Waals surface area contributed by atoms with Gasteiger partial charge in [0.2, 0.25) is 5.78 Å². The molecule has 0 radical (unpaired) electrons. The van der Waals surface area contributed by atoms with Gasteiger partial charge in [-0.1, -0.05) is 34.9 Å². The highest BCUT2D eigenvalue weighted by Gasteiger charge is 2.34. The van der Waals surface area contributed by atoms with Gasteiger partial charge in [0.25, 0.3) is 0 Å². The number of phenols is 3. The van der Waals surface area contributed by atoms with Gasteiger partial charge in [-0.3, -0.25) is 4.79 Å². The summed E-state index contributed by atoms with van der Waals surface area (Å²) in [5, 5.41) is 33.0. The van der Waals surface area contributed by atoms with Gasteiger partial charge in [-0.05, 0) is 102 Å². The van der Waals surface area contributed by atoms with Crippen molar-refractivity contribution in [3.05, 3.63) is 85.5 Å². The largest absolute Gasteiger partial charge is 0.508 e. The summed E-state index contributed by atoms with van der Waals surface area (Å²) in [4.78, 5) is 13.8. The van der Waals surface area contributed by atoms with Crippen LogP contribution in [0, 0.1) is 6.92 Å². The third-order valence-corrected chi connectivity index (χ3v) is 6.52. The van der Waals surface area contributed by atoms with E-state index in [0.29, 0.717) is 36.8 Å². The third kappa shape index (κ3) is 4.82. The second-order valence-electron chi connectivity index (χ2n) is 10.0. The lowest BCUT2D eigenvalue weighted by atomic mass is 9.77. The lowest BCUT2D eigenvalue weighted by molar-refractivity contribution is 0.102. The summed E-state index contributed by atoms with van der Waals surface area (Å²) in [6.45, 7) is 14.0. The third-order valence-electron chi connectivity index (χ3n) is 6.52. The average Bonchev–Trinajstić information content (AvgIpc) is 2.72. The van der Waals surface area contributed by atoms with Gasteiger partial charge >= 0.3 is 0 Å². The summed E-state index contributed by atoms with van der Waals surface area (Å²) in [5.74, 6) is -0.599. The molecule has 0 amide bonds. The molecule has 34 heavy (non-hydrogen) atoms. The van der Waals surface area contributed by atoms with E-state index in [4.69, 9.17) is 0 Å². The van der Waals surface area contributed by atoms with Crippen LogP contribution in [0.4, 0.5) is 0 Å². The van der Waals surface area contributed by atoms with Crippen molar-refractivity contribution in [1.29, 1.82) is 0 Å². The van der Waals surface area contributed by atoms with E-state index in [1.165, 1.54) is 5.57 Å². The lowest BCUT2D eigenvalue weighted by Crippen LogP contribution is -2.20. The molecule has 0 aliphatic heterocycles. The number of carbonyl (C=O) groups is 1. The summed E-state index contributed by atoms with van der Waals surface area (Å²) in [5.41, 5.74) is 8.27. The number of rotatable bonds is 6. The van der Waals surface area contributed by atoms with Crippen molar-refractivity contribution >= 4 is 5.78 Å². The van der Waals surface area contributed by atoms with Crippen molar-refractivity contribution in [1.82, 2.24) is 0 Å². The Morgan fingerprint density at radius 3 is 1.76 bits per heavy atom. The molecule has 0 saturated heterocycles. The van der Waals surface area contributed by atoms with Crippen LogP contribution in [-0.2, 0) is 25.7 Å². The molecule has 3 rings (SSSR count). The summed E-state index contributed by atoms with van der Waals surface area (Å²) < 4.78 is 0. The SMILES string of the molecule is CC(C)=CCc1c(O)cc2c(c1O)C(=O)c1c(O)c(CC=C(C)C)c(C)c(CC=C(C)C)c1C2. The highest BCUT2D eigenvalue weighted by atomic mass is 16.3. The van der Waals surface area contributed by atoms with Crippen LogP contribution in [0.15, 0.2) is 41.0 Å². The number of hydrogen-bond donors (Lipinski definition) is 3. The number of allylic oxidation sites excluding steroid dienone is 6. The van der Waals surface area contributed by atoms with E-state index in [-0.39, 0.29) is 34.2 Å². The van der Waals surface area contributed by atoms with Gasteiger partial charge in [0.1, 0.15) is 17.2 Å². The van der Waals surface area contributed by atoms with Crippen molar-refractivity contribution < 1.29 is 20.1 Å². The summed E-state index contributed by atoms with van der Waals surface area (Å²) in [6, 6.07) is 1.60. The molecular formula is C30H36O4. The summed E-state index contributed by atoms with van der Waals surface area (Å²) in [6.07, 6.45) is 7.95. The highest BCUT2D eigenvalue weighted by Crippen LogP contribution is 2.45. The molecule has 2 aromatic carbocycles. The molecule has 0 atom stereocenters. The number of phenolic OH excluding ortho intramolecular Hbond substituents is 3. The topological polar surface area (TPSA) is 77.8 Å². The Hall–Kier alpha value is -3.27. The van der Waals surface area contributed by atoms with Crippen LogP contribution in [0.3, 0.4) is 0 Å². The first-order valence-electron chi connectivity index (χ1n) is 11.8. The van der Waals surface area contributed by atoms with Crippen molar-refractivity contribution in [2.45, 2.75) is 74.1 Å².